The van der Waals surface area contributed by atoms with Crippen molar-refractivity contribution in [3.63, 3.8) is 0 Å². The molecule has 0 aromatic carbocycles. The maximum Gasteiger partial charge on any atom is 0.358 e. The zero-order valence-corrected chi connectivity index (χ0v) is 10.6. The fraction of sp³-hybridized carbons (Fsp3) is 0.385. The molecule has 2 aromatic rings. The molecule has 0 aliphatic heterocycles. The quantitative estimate of drug-likeness (QED) is 0.638. The smallest absolute Gasteiger partial charge is 0.358 e. The van der Waals surface area contributed by atoms with Gasteiger partial charge in [-0.3, -0.25) is 0 Å². The zero-order valence-electron chi connectivity index (χ0n) is 10.6. The number of hydrogen-bond acceptors (Lipinski definition) is 4. The number of methoxy groups -OCH3 is 1. The van der Waals surface area contributed by atoms with Crippen LogP contribution < -0.4 is 5.32 Å². The Balaban J connectivity index is 2.38. The summed E-state index contributed by atoms with van der Waals surface area (Å²) < 4.78 is 6.70. The minimum Gasteiger partial charge on any atom is -0.464 e. The number of nitrogens with zero attached hydrogens (tertiary/aromatic N) is 2. The number of esters is 1. The molecule has 1 N–H and O–H groups in total. The van der Waals surface area contributed by atoms with Crippen LogP contribution >= 0.6 is 0 Å². The van der Waals surface area contributed by atoms with Crippen molar-refractivity contribution in [1.29, 1.82) is 0 Å². The second kappa shape index (κ2) is 5.64. The molecule has 0 unspecified atom stereocenters. The number of aryl methyl sites for hydroxylation is 1. The summed E-state index contributed by atoms with van der Waals surface area (Å²) in [6, 6.07) is 5.69. The van der Waals surface area contributed by atoms with Gasteiger partial charge in [-0.2, -0.15) is 0 Å². The van der Waals surface area contributed by atoms with E-state index in [2.05, 4.69) is 10.3 Å². The molecule has 0 bridgehead atoms. The third-order valence-corrected chi connectivity index (χ3v) is 2.83. The Kier molecular flexibility index (Phi) is 3.94. The first-order chi connectivity index (χ1) is 8.77. The Bertz CT molecular complexity index is 548. The van der Waals surface area contributed by atoms with Gasteiger partial charge in [-0.15, -0.1) is 0 Å². The Morgan fingerprint density at radius 1 is 1.50 bits per heavy atom. The number of fused-ring (bicyclic) bond motifs is 1. The van der Waals surface area contributed by atoms with E-state index in [4.69, 9.17) is 4.74 Å². The standard InChI is InChI=1S/C13H17N3O2/c1-14-8-5-7-11-15-12(13(17)18-2)10-6-3-4-9-16(10)11/h3-4,6,9,14H,5,7-8H2,1-2H3. The summed E-state index contributed by atoms with van der Waals surface area (Å²) in [5.74, 6) is 0.500. The molecule has 0 radical (unpaired) electrons. The van der Waals surface area contributed by atoms with Gasteiger partial charge in [-0.25, -0.2) is 9.78 Å². The van der Waals surface area contributed by atoms with Crippen molar-refractivity contribution in [2.75, 3.05) is 20.7 Å². The van der Waals surface area contributed by atoms with E-state index in [1.165, 1.54) is 7.11 Å². The lowest BCUT2D eigenvalue weighted by Crippen LogP contribution is -2.09. The molecular formula is C13H17N3O2. The van der Waals surface area contributed by atoms with Gasteiger partial charge in [-0.05, 0) is 32.1 Å². The highest BCUT2D eigenvalue weighted by Crippen LogP contribution is 2.15. The SMILES string of the molecule is CNCCCc1nc(C(=O)OC)c2ccccn12. The fourth-order valence-electron chi connectivity index (χ4n) is 1.95. The number of aromatic nitrogens is 2. The molecule has 18 heavy (non-hydrogen) atoms. The number of carbonyl (C=O) groups excluding carboxylic acids is 1. The lowest BCUT2D eigenvalue weighted by atomic mass is 10.3. The minimum atomic E-state index is -0.390. The Labute approximate surface area is 106 Å². The van der Waals surface area contributed by atoms with E-state index in [1.54, 1.807) is 0 Å². The van der Waals surface area contributed by atoms with Crippen molar-refractivity contribution < 1.29 is 9.53 Å². The van der Waals surface area contributed by atoms with Gasteiger partial charge in [0.05, 0.1) is 12.6 Å². The molecule has 0 saturated heterocycles. The number of ether oxygens (including phenoxy) is 1. The third-order valence-electron chi connectivity index (χ3n) is 2.83. The molecule has 5 heteroatoms. The second-order valence-electron chi connectivity index (χ2n) is 4.03. The van der Waals surface area contributed by atoms with Crippen LogP contribution in [0.4, 0.5) is 0 Å². The van der Waals surface area contributed by atoms with Gasteiger partial charge >= 0.3 is 5.97 Å². The number of nitrogens with one attached hydrogen (secondary N) is 1. The van der Waals surface area contributed by atoms with Gasteiger partial charge in [0.2, 0.25) is 0 Å². The largest absolute Gasteiger partial charge is 0.464 e. The molecule has 0 aliphatic rings. The van der Waals surface area contributed by atoms with Crippen LogP contribution in [-0.2, 0) is 11.2 Å². The van der Waals surface area contributed by atoms with E-state index >= 15 is 0 Å². The molecule has 96 valence electrons. The summed E-state index contributed by atoms with van der Waals surface area (Å²) in [4.78, 5) is 16.1. The predicted octanol–water partition coefficient (Wildman–Crippen LogP) is 1.27. The van der Waals surface area contributed by atoms with Gasteiger partial charge in [0, 0.05) is 12.6 Å². The summed E-state index contributed by atoms with van der Waals surface area (Å²) in [6.45, 7) is 0.926. The van der Waals surface area contributed by atoms with E-state index in [9.17, 15) is 4.79 Å². The maximum absolute atomic E-state index is 11.7. The van der Waals surface area contributed by atoms with Gasteiger partial charge in [0.25, 0.3) is 0 Å². The lowest BCUT2D eigenvalue weighted by molar-refractivity contribution is 0.0597. The molecule has 0 amide bonds. The normalized spacial score (nSPS) is 10.8. The minimum absolute atomic E-state index is 0.387. The Hall–Kier alpha value is -1.88. The highest BCUT2D eigenvalue weighted by molar-refractivity contribution is 5.95. The van der Waals surface area contributed by atoms with Crippen molar-refractivity contribution in [2.24, 2.45) is 0 Å². The molecule has 2 aromatic heterocycles. The summed E-state index contributed by atoms with van der Waals surface area (Å²) in [5, 5.41) is 3.10. The van der Waals surface area contributed by atoms with Crippen LogP contribution in [-0.4, -0.2) is 36.1 Å². The zero-order chi connectivity index (χ0) is 13.0. The fourth-order valence-corrected chi connectivity index (χ4v) is 1.95. The summed E-state index contributed by atoms with van der Waals surface area (Å²) >= 11 is 0. The molecule has 0 aliphatic carbocycles. The first-order valence-electron chi connectivity index (χ1n) is 5.96. The topological polar surface area (TPSA) is 55.6 Å². The van der Waals surface area contributed by atoms with Gasteiger partial charge < -0.3 is 14.5 Å². The number of hydrogen-bond donors (Lipinski definition) is 1. The third kappa shape index (κ3) is 2.36. The monoisotopic (exact) mass is 247 g/mol. The number of imidazole rings is 1. The van der Waals surface area contributed by atoms with E-state index in [1.807, 2.05) is 35.8 Å². The average Bonchev–Trinajstić information content (AvgIpc) is 2.78. The van der Waals surface area contributed by atoms with E-state index < -0.39 is 5.97 Å². The van der Waals surface area contributed by atoms with Crippen molar-refractivity contribution in [1.82, 2.24) is 14.7 Å². The second-order valence-corrected chi connectivity index (χ2v) is 4.03. The molecule has 2 heterocycles. The van der Waals surface area contributed by atoms with E-state index in [0.717, 1.165) is 30.7 Å². The van der Waals surface area contributed by atoms with Gasteiger partial charge in [-0.1, -0.05) is 6.07 Å². The highest BCUT2D eigenvalue weighted by Gasteiger charge is 2.16. The average molecular weight is 247 g/mol. The van der Waals surface area contributed by atoms with Gasteiger partial charge in [0.1, 0.15) is 5.82 Å². The van der Waals surface area contributed by atoms with Crippen LogP contribution in [0, 0.1) is 0 Å². The Morgan fingerprint density at radius 2 is 2.33 bits per heavy atom. The van der Waals surface area contributed by atoms with Crippen LogP contribution in [0.1, 0.15) is 22.7 Å². The summed E-state index contributed by atoms with van der Waals surface area (Å²) in [7, 11) is 3.29. The number of carbonyl (C=O) groups is 1. The van der Waals surface area contributed by atoms with Crippen LogP contribution in [0.25, 0.3) is 5.52 Å². The highest BCUT2D eigenvalue weighted by atomic mass is 16.5. The molecular weight excluding hydrogens is 230 g/mol. The van der Waals surface area contributed by atoms with Crippen molar-refractivity contribution in [3.05, 3.63) is 35.9 Å². The van der Waals surface area contributed by atoms with Crippen LogP contribution in [0.5, 0.6) is 0 Å². The van der Waals surface area contributed by atoms with Crippen molar-refractivity contribution in [2.45, 2.75) is 12.8 Å². The number of rotatable bonds is 5. The van der Waals surface area contributed by atoms with Crippen LogP contribution in [0.3, 0.4) is 0 Å². The first-order valence-corrected chi connectivity index (χ1v) is 5.96. The van der Waals surface area contributed by atoms with Crippen LogP contribution in [0.2, 0.25) is 0 Å². The lowest BCUT2D eigenvalue weighted by Gasteiger charge is -2.00. The van der Waals surface area contributed by atoms with Crippen LogP contribution in [0.15, 0.2) is 24.4 Å². The molecule has 0 saturated carbocycles. The van der Waals surface area contributed by atoms with E-state index in [-0.39, 0.29) is 0 Å². The van der Waals surface area contributed by atoms with Crippen molar-refractivity contribution >= 4 is 11.5 Å². The maximum atomic E-state index is 11.7. The molecule has 5 nitrogen and oxygen atoms in total. The molecule has 2 rings (SSSR count). The Morgan fingerprint density at radius 3 is 3.06 bits per heavy atom. The van der Waals surface area contributed by atoms with Gasteiger partial charge in [0.15, 0.2) is 5.69 Å². The summed E-state index contributed by atoms with van der Waals surface area (Å²) in [5.41, 5.74) is 1.18. The molecule has 0 spiro atoms. The summed E-state index contributed by atoms with van der Waals surface area (Å²) in [6.07, 6.45) is 3.72. The number of pyridine rings is 1. The van der Waals surface area contributed by atoms with Crippen molar-refractivity contribution in [3.8, 4) is 0 Å². The molecule has 0 atom stereocenters. The molecule has 0 fully saturated rings. The first kappa shape index (κ1) is 12.6. The van der Waals surface area contributed by atoms with E-state index in [0.29, 0.717) is 5.69 Å². The predicted molar refractivity (Wildman–Crippen MR) is 68.8 cm³/mol.